The van der Waals surface area contributed by atoms with E-state index in [-0.39, 0.29) is 0 Å². The molecule has 3 aliphatic carbocycles. The van der Waals surface area contributed by atoms with Gasteiger partial charge in [0, 0.05) is 36.4 Å². The minimum absolute atomic E-state index is 0.474. The topological polar surface area (TPSA) is 16.1 Å². The quantitative estimate of drug-likeness (QED) is 0.0391. The third kappa shape index (κ3) is 35.4. The molecule has 6 atom stereocenters. The molecule has 1 heterocycles. The van der Waals surface area contributed by atoms with Crippen molar-refractivity contribution in [2.75, 3.05) is 6.54 Å². The van der Waals surface area contributed by atoms with Crippen LogP contribution in [0.15, 0.2) is 115 Å². The van der Waals surface area contributed by atoms with E-state index in [2.05, 4.69) is 395 Å². The molecule has 2 unspecified atom stereocenters. The molecule has 2 nitrogen and oxygen atoms in total. The molecule has 0 bridgehead atoms. The lowest BCUT2D eigenvalue weighted by atomic mass is 9.59. The van der Waals surface area contributed by atoms with Crippen LogP contribution in [0.1, 0.15) is 450 Å². The maximum Gasteiger partial charge on any atom is 0.0505 e. The number of fused-ring (bicyclic) bond motifs is 5. The predicted molar refractivity (Wildman–Crippen MR) is 538 cm³/mol. The second-order valence-electron chi connectivity index (χ2n) is 45.8. The average molecular weight is 1640 g/mol. The average Bonchev–Trinajstić information content (AvgIpc) is 1.62. The summed E-state index contributed by atoms with van der Waals surface area (Å²) < 4.78 is 0. The Morgan fingerprint density at radius 3 is 1.29 bits per heavy atom. The monoisotopic (exact) mass is 1640 g/mol. The minimum atomic E-state index is -0.985. The van der Waals surface area contributed by atoms with Gasteiger partial charge in [0.15, 0.2) is 0 Å². The third-order valence-electron chi connectivity index (χ3n) is 27.7. The maximum atomic E-state index is 4.62. The molecule has 5 aromatic carbocycles. The highest BCUT2D eigenvalue weighted by Crippen LogP contribution is 2.61. The van der Waals surface area contributed by atoms with Gasteiger partial charge >= 0.3 is 0 Å². The molecule has 0 spiro atoms. The summed E-state index contributed by atoms with van der Waals surface area (Å²) in [6.07, 6.45) is 19.7. The first kappa shape index (κ1) is 107. The predicted octanol–water partition coefficient (Wildman–Crippen LogP) is 35.6. The molecule has 6 aromatic rings. The smallest absolute Gasteiger partial charge is 0.0505 e. The van der Waals surface area contributed by atoms with Crippen molar-refractivity contribution in [2.45, 2.75) is 437 Å². The fourth-order valence-electron chi connectivity index (χ4n) is 20.3. The van der Waals surface area contributed by atoms with Crippen molar-refractivity contribution in [1.82, 2.24) is 9.88 Å². The van der Waals surface area contributed by atoms with E-state index in [9.17, 15) is 0 Å². The van der Waals surface area contributed by atoms with E-state index >= 15 is 0 Å². The van der Waals surface area contributed by atoms with Gasteiger partial charge in [-0.05, 0) is 312 Å². The van der Waals surface area contributed by atoms with E-state index in [1.54, 1.807) is 34.3 Å². The van der Waals surface area contributed by atoms with E-state index in [1.165, 1.54) is 144 Å². The highest BCUT2D eigenvalue weighted by Gasteiger charge is 2.52. The fraction of sp³-hybridized carbons (Fsp3) is 0.698. The first-order valence-corrected chi connectivity index (χ1v) is 52.9. The summed E-state index contributed by atoms with van der Waals surface area (Å²) in [4.78, 5) is 7.17. The molecule has 672 valence electrons. The van der Waals surface area contributed by atoms with Crippen molar-refractivity contribution in [3.05, 3.63) is 205 Å². The summed E-state index contributed by atoms with van der Waals surface area (Å²) in [6.45, 7) is 92.0. The van der Waals surface area contributed by atoms with Crippen LogP contribution in [0.25, 0.3) is 0 Å². The van der Waals surface area contributed by atoms with E-state index in [0.29, 0.717) is 82.6 Å². The Hall–Kier alpha value is -4.57. The molecule has 3 aliphatic rings. The molecule has 0 N–H and O–H groups in total. The molecule has 1 aromatic heterocycles. The number of pyridine rings is 1. The molecule has 0 amide bonds. The van der Waals surface area contributed by atoms with Gasteiger partial charge in [-0.15, -0.1) is 0 Å². The molecule has 3 heteroatoms. The molecule has 0 aliphatic heterocycles. The van der Waals surface area contributed by atoms with Crippen LogP contribution in [0.4, 0.5) is 0 Å². The summed E-state index contributed by atoms with van der Waals surface area (Å²) in [5.41, 5.74) is 24.4. The van der Waals surface area contributed by atoms with Crippen LogP contribution in [-0.2, 0) is 32.1 Å². The van der Waals surface area contributed by atoms with Crippen LogP contribution in [0, 0.1) is 89.3 Å². The number of rotatable bonds is 32. The van der Waals surface area contributed by atoms with Gasteiger partial charge in [-0.25, -0.2) is 0 Å². The Morgan fingerprint density at radius 1 is 0.420 bits per heavy atom. The molecule has 119 heavy (non-hydrogen) atoms. The third-order valence-corrected chi connectivity index (χ3v) is 32.1. The Morgan fingerprint density at radius 2 is 0.882 bits per heavy atom. The first-order valence-electron chi connectivity index (χ1n) is 49.7. The number of hydrogen-bond acceptors (Lipinski definition) is 2. The van der Waals surface area contributed by atoms with Gasteiger partial charge in [0.25, 0.3) is 0 Å². The van der Waals surface area contributed by atoms with Gasteiger partial charge in [-0.2, -0.15) is 0 Å². The lowest BCUT2D eigenvalue weighted by molar-refractivity contribution is 0.0962. The summed E-state index contributed by atoms with van der Waals surface area (Å²) in [7, 11) is -0.985. The van der Waals surface area contributed by atoms with Gasteiger partial charge in [0.2, 0.25) is 0 Å². The number of aromatic nitrogens is 1. The van der Waals surface area contributed by atoms with Gasteiger partial charge in [-0.1, -0.05) is 382 Å². The lowest BCUT2D eigenvalue weighted by Gasteiger charge is -2.46. The SMILES string of the molecule is CC(C)CC[Si](C)(CCC(C)C)CCC(C)(C)C.CC(C)CCc1ccc(C(C)C)c(C(C)C)c1.CC(C)c1ccc(C(c2ccc(C(C)C)cc2)C(C)C)cc1.CC(C)c1ccc(CCN(C(C)C)C(C)C)cc1.CC(C)c1ccc2c(c1)CC[C@H]1[C@@H]3CC(C(C)C)C(C(C)C)[C@H]3CC[C@H]21.Cc1ncc(CC(C)C)c(CC(C)C)c1C(C)C. The second kappa shape index (κ2) is 51.1. The van der Waals surface area contributed by atoms with Crippen molar-refractivity contribution >= 4 is 8.07 Å². The van der Waals surface area contributed by atoms with Crippen LogP contribution < -0.4 is 0 Å². The van der Waals surface area contributed by atoms with E-state index in [1.807, 2.05) is 0 Å². The first-order chi connectivity index (χ1) is 55.5. The summed E-state index contributed by atoms with van der Waals surface area (Å²) >= 11 is 0. The van der Waals surface area contributed by atoms with E-state index in [0.717, 1.165) is 84.5 Å². The van der Waals surface area contributed by atoms with Crippen molar-refractivity contribution in [3.8, 4) is 0 Å². The molecular weight excluding hydrogens is 1450 g/mol. The standard InChI is InChI=1S/C26H40.C22H30.2C17H29N.C17H38Si.C17H28/c1-15(2)18-7-9-20-19(13-18)8-10-22-21(20)11-12-23-25(22)14-24(16(3)4)26(23)17(5)6;1-15(2)18-7-11-20(12-8-18)22(17(5)6)21-13-9-19(10-14-21)16(3)4;1-11(2)8-15-10-18-14(7)17(13(5)6)16(15)9-12(3)4;1-13(2)17-9-7-16(8-10-17)11-12-18(14(3)4)15(5)6;1-15(2)9-12-18(8,13-10-16(3)4)14-11-17(5,6)7;1-12(2)7-8-15-9-10-16(13(3)4)17(11-15)14(5)6/h7,9,13,15-17,21-26H,8,10-12,14H2,1-6H3;7-17,22H,1-6H3;10-13H,8-9H2,1-7H3;7-10,13-15H,11-12H2,1-6H3;15-16H,9-14H2,1-8H3;9-14H,7-8H2,1-6H3/t21-,22-,23+,24?,25+,26?;;;;;/m1...../s1. The maximum absolute atomic E-state index is 4.62. The van der Waals surface area contributed by atoms with Crippen molar-refractivity contribution in [3.63, 3.8) is 0 Å². The second-order valence-corrected chi connectivity index (χ2v) is 50.9. The van der Waals surface area contributed by atoms with Gasteiger partial charge in [0.1, 0.15) is 0 Å². The Balaban J connectivity index is 0.000000303. The van der Waals surface area contributed by atoms with E-state index < -0.39 is 8.07 Å². The molecule has 9 rings (SSSR count). The molecule has 0 radical (unpaired) electrons. The molecular formula is C116H194N2Si. The van der Waals surface area contributed by atoms with Crippen LogP contribution >= 0.6 is 0 Å². The summed E-state index contributed by atoms with van der Waals surface area (Å²) in [6, 6.07) is 48.0. The number of nitrogens with zero attached hydrogens (tertiary/aromatic N) is 2. The highest BCUT2D eigenvalue weighted by atomic mass is 28.3. The zero-order valence-electron chi connectivity index (χ0n) is 85.7. The van der Waals surface area contributed by atoms with Crippen LogP contribution in [0.5, 0.6) is 0 Å². The summed E-state index contributed by atoms with van der Waals surface area (Å²) in [5, 5.41) is 0. The van der Waals surface area contributed by atoms with Crippen molar-refractivity contribution in [1.29, 1.82) is 0 Å². The van der Waals surface area contributed by atoms with Crippen molar-refractivity contribution in [2.24, 2.45) is 82.3 Å². The molecule has 2 saturated carbocycles. The highest BCUT2D eigenvalue weighted by molar-refractivity contribution is 6.78. The Labute approximate surface area is 743 Å². The fourth-order valence-corrected chi connectivity index (χ4v) is 25.0. The largest absolute Gasteiger partial charge is 0.298 e. The van der Waals surface area contributed by atoms with Crippen LogP contribution in [-0.4, -0.2) is 36.6 Å². The van der Waals surface area contributed by atoms with Gasteiger partial charge < -0.3 is 0 Å². The van der Waals surface area contributed by atoms with Crippen molar-refractivity contribution < 1.29 is 0 Å². The number of aryl methyl sites for hydroxylation is 3. The van der Waals surface area contributed by atoms with Crippen LogP contribution in [0.3, 0.4) is 0 Å². The van der Waals surface area contributed by atoms with E-state index in [4.69, 9.17) is 0 Å². The summed E-state index contributed by atoms with van der Waals surface area (Å²) in [5.74, 6) is 16.8. The molecule has 2 fully saturated rings. The number of benzene rings is 5. The Bertz CT molecular complexity index is 3670. The van der Waals surface area contributed by atoms with Crippen LogP contribution in [0.2, 0.25) is 24.7 Å². The number of hydrogen-bond donors (Lipinski definition) is 0. The Kier molecular flexibility index (Phi) is 45.9. The zero-order valence-corrected chi connectivity index (χ0v) is 86.7. The zero-order chi connectivity index (χ0) is 89.8. The molecule has 0 saturated heterocycles. The van der Waals surface area contributed by atoms with Gasteiger partial charge in [0.05, 0.1) is 8.07 Å². The normalized spacial score (nSPS) is 17.5. The minimum Gasteiger partial charge on any atom is -0.298 e. The lowest BCUT2D eigenvalue weighted by Crippen LogP contribution is -2.38. The van der Waals surface area contributed by atoms with Gasteiger partial charge in [-0.3, -0.25) is 9.88 Å².